The lowest BCUT2D eigenvalue weighted by atomic mass is 9.95. The summed E-state index contributed by atoms with van der Waals surface area (Å²) in [4.78, 5) is 27.2. The van der Waals surface area contributed by atoms with Crippen LogP contribution in [0.5, 0.6) is 11.5 Å². The number of ether oxygens (including phenoxy) is 2. The van der Waals surface area contributed by atoms with Gasteiger partial charge in [0.15, 0.2) is 0 Å². The van der Waals surface area contributed by atoms with Gasteiger partial charge in [0.1, 0.15) is 23.1 Å². The minimum absolute atomic E-state index is 0.0440. The second kappa shape index (κ2) is 9.13. The van der Waals surface area contributed by atoms with Crippen molar-refractivity contribution in [2.75, 3.05) is 12.0 Å². The molecule has 1 saturated heterocycles. The van der Waals surface area contributed by atoms with Gasteiger partial charge in [-0.3, -0.25) is 14.5 Å². The molecule has 1 heterocycles. The molecule has 35 heavy (non-hydrogen) atoms. The Morgan fingerprint density at radius 3 is 2.34 bits per heavy atom. The predicted octanol–water partition coefficient (Wildman–Crippen LogP) is 5.36. The summed E-state index contributed by atoms with van der Waals surface area (Å²) in [5, 5.41) is 11.1. The Labute approximate surface area is 196 Å². The molecule has 3 aromatic rings. The van der Waals surface area contributed by atoms with Crippen LogP contribution in [-0.2, 0) is 9.59 Å². The van der Waals surface area contributed by atoms with Gasteiger partial charge in [0.2, 0.25) is 0 Å². The van der Waals surface area contributed by atoms with Crippen LogP contribution >= 0.6 is 0 Å². The molecule has 1 fully saturated rings. The Hall–Kier alpha value is -4.34. The number of benzene rings is 3. The summed E-state index contributed by atoms with van der Waals surface area (Å²) in [6.45, 7) is 0. The van der Waals surface area contributed by atoms with Crippen molar-refractivity contribution in [3.8, 4) is 11.5 Å². The van der Waals surface area contributed by atoms with Crippen molar-refractivity contribution < 1.29 is 41.7 Å². The Bertz CT molecular complexity index is 1320. The van der Waals surface area contributed by atoms with Gasteiger partial charge in [-0.05, 0) is 35.9 Å². The Morgan fingerprint density at radius 2 is 1.69 bits per heavy atom. The molecule has 0 aromatic heterocycles. The molecule has 1 aliphatic rings. The second-order valence-electron chi connectivity index (χ2n) is 7.47. The molecule has 0 saturated carbocycles. The molecule has 180 valence electrons. The molecule has 1 amide bonds. The van der Waals surface area contributed by atoms with E-state index >= 15 is 0 Å². The van der Waals surface area contributed by atoms with E-state index in [0.29, 0.717) is 5.56 Å². The minimum Gasteiger partial charge on any atom is -0.507 e. The average molecular weight is 487 g/mol. The summed E-state index contributed by atoms with van der Waals surface area (Å²) in [5.74, 6) is -4.18. The van der Waals surface area contributed by atoms with Gasteiger partial charge in [-0.1, -0.05) is 36.4 Å². The van der Waals surface area contributed by atoms with E-state index in [9.17, 15) is 32.3 Å². The quantitative estimate of drug-likeness (QED) is 0.227. The fourth-order valence-corrected chi connectivity index (χ4v) is 3.89. The van der Waals surface area contributed by atoms with Crippen molar-refractivity contribution in [2.45, 2.75) is 12.4 Å². The van der Waals surface area contributed by atoms with Gasteiger partial charge in [-0.15, -0.1) is 13.2 Å². The number of aliphatic hydroxyl groups is 1. The van der Waals surface area contributed by atoms with Crippen LogP contribution in [-0.4, -0.2) is 30.3 Å². The van der Waals surface area contributed by atoms with E-state index < -0.39 is 41.4 Å². The maximum absolute atomic E-state index is 14.0. The number of ketones is 1. The standard InChI is InChI=1S/C25H17F4NO5/c1-34-19-11-10-15(26)12-18(19)22(31)20-21(14-6-3-2-4-7-14)30(24(33)23(20)32)16-8-5-9-17(13-16)35-25(27,28)29/h2-13,21,31H,1H3/b22-20+. The number of methoxy groups -OCH3 is 1. The Morgan fingerprint density at radius 1 is 0.971 bits per heavy atom. The van der Waals surface area contributed by atoms with Crippen LogP contribution in [0.15, 0.2) is 78.4 Å². The van der Waals surface area contributed by atoms with Gasteiger partial charge in [-0.25, -0.2) is 4.39 Å². The van der Waals surface area contributed by atoms with Gasteiger partial charge >= 0.3 is 6.36 Å². The molecule has 4 rings (SSSR count). The van der Waals surface area contributed by atoms with Crippen molar-refractivity contribution >= 4 is 23.1 Å². The largest absolute Gasteiger partial charge is 0.573 e. The van der Waals surface area contributed by atoms with Crippen molar-refractivity contribution in [3.63, 3.8) is 0 Å². The molecule has 10 heteroatoms. The van der Waals surface area contributed by atoms with Gasteiger partial charge in [0.05, 0.1) is 24.3 Å². The zero-order valence-electron chi connectivity index (χ0n) is 18.0. The number of hydrogen-bond acceptors (Lipinski definition) is 5. The molecule has 0 spiro atoms. The molecular formula is C25H17F4NO5. The lowest BCUT2D eigenvalue weighted by Crippen LogP contribution is -2.29. The zero-order valence-corrected chi connectivity index (χ0v) is 18.0. The lowest BCUT2D eigenvalue weighted by Gasteiger charge is -2.26. The Kier molecular flexibility index (Phi) is 6.21. The number of nitrogens with zero attached hydrogens (tertiary/aromatic N) is 1. The zero-order chi connectivity index (χ0) is 25.3. The number of halogens is 4. The summed E-state index contributed by atoms with van der Waals surface area (Å²) in [6.07, 6.45) is -4.97. The van der Waals surface area contributed by atoms with Crippen LogP contribution in [0.1, 0.15) is 17.2 Å². The molecule has 1 N–H and O–H groups in total. The molecule has 0 bridgehead atoms. The highest BCUT2D eigenvalue weighted by atomic mass is 19.4. The third-order valence-corrected chi connectivity index (χ3v) is 5.31. The third kappa shape index (κ3) is 4.68. The molecule has 1 aliphatic heterocycles. The molecular weight excluding hydrogens is 470 g/mol. The first-order valence-corrected chi connectivity index (χ1v) is 10.2. The number of rotatable bonds is 5. The highest BCUT2D eigenvalue weighted by molar-refractivity contribution is 6.51. The average Bonchev–Trinajstić information content (AvgIpc) is 3.08. The summed E-state index contributed by atoms with van der Waals surface area (Å²) in [5.41, 5.74) is -0.244. The SMILES string of the molecule is COc1ccc(F)cc1/C(O)=C1\C(=O)C(=O)N(c2cccc(OC(F)(F)F)c2)C1c1ccccc1. The van der Waals surface area contributed by atoms with Gasteiger partial charge in [0.25, 0.3) is 11.7 Å². The van der Waals surface area contributed by atoms with E-state index in [1.165, 1.54) is 25.3 Å². The van der Waals surface area contributed by atoms with E-state index in [4.69, 9.17) is 4.74 Å². The highest BCUT2D eigenvalue weighted by Gasteiger charge is 2.47. The number of carbonyl (C=O) groups excluding carboxylic acids is 2. The second-order valence-corrected chi connectivity index (χ2v) is 7.47. The van der Waals surface area contributed by atoms with Crippen LogP contribution in [0, 0.1) is 5.82 Å². The smallest absolute Gasteiger partial charge is 0.507 e. The number of aliphatic hydroxyl groups excluding tert-OH is 1. The van der Waals surface area contributed by atoms with Gasteiger partial charge in [-0.2, -0.15) is 0 Å². The molecule has 0 aliphatic carbocycles. The van der Waals surface area contributed by atoms with Crippen LogP contribution in [0.2, 0.25) is 0 Å². The molecule has 3 aromatic carbocycles. The first kappa shape index (κ1) is 23.8. The fraction of sp³-hybridized carbons (Fsp3) is 0.120. The van der Waals surface area contributed by atoms with E-state index in [-0.39, 0.29) is 22.6 Å². The van der Waals surface area contributed by atoms with Crippen LogP contribution in [0.25, 0.3) is 5.76 Å². The minimum atomic E-state index is -4.97. The Balaban J connectivity index is 1.93. The van der Waals surface area contributed by atoms with Gasteiger partial charge < -0.3 is 14.6 Å². The van der Waals surface area contributed by atoms with E-state index in [0.717, 1.165) is 29.2 Å². The number of carbonyl (C=O) groups is 2. The molecule has 0 radical (unpaired) electrons. The van der Waals surface area contributed by atoms with Crippen molar-refractivity contribution in [3.05, 3.63) is 95.3 Å². The summed E-state index contributed by atoms with van der Waals surface area (Å²) in [6, 6.07) is 14.7. The maximum Gasteiger partial charge on any atom is 0.573 e. The van der Waals surface area contributed by atoms with Crippen molar-refractivity contribution in [1.29, 1.82) is 0 Å². The third-order valence-electron chi connectivity index (χ3n) is 5.31. The first-order chi connectivity index (χ1) is 16.6. The van der Waals surface area contributed by atoms with Crippen molar-refractivity contribution in [1.82, 2.24) is 0 Å². The van der Waals surface area contributed by atoms with Crippen molar-refractivity contribution in [2.24, 2.45) is 0 Å². The molecule has 1 unspecified atom stereocenters. The molecule has 6 nitrogen and oxygen atoms in total. The number of anilines is 1. The number of Topliss-reactive ketones (excluding diaryl/α,β-unsaturated/α-hetero) is 1. The number of hydrogen-bond donors (Lipinski definition) is 1. The van der Waals surface area contributed by atoms with Gasteiger partial charge in [0, 0.05) is 11.8 Å². The predicted molar refractivity (Wildman–Crippen MR) is 117 cm³/mol. The fourth-order valence-electron chi connectivity index (χ4n) is 3.89. The lowest BCUT2D eigenvalue weighted by molar-refractivity contribution is -0.274. The summed E-state index contributed by atoms with van der Waals surface area (Å²) in [7, 11) is 1.28. The highest BCUT2D eigenvalue weighted by Crippen LogP contribution is 2.44. The number of amides is 1. The first-order valence-electron chi connectivity index (χ1n) is 10.2. The van der Waals surface area contributed by atoms with E-state index in [2.05, 4.69) is 4.74 Å². The summed E-state index contributed by atoms with van der Waals surface area (Å²) < 4.78 is 61.4. The van der Waals surface area contributed by atoms with Crippen LogP contribution in [0.4, 0.5) is 23.2 Å². The maximum atomic E-state index is 14.0. The molecule has 1 atom stereocenters. The summed E-state index contributed by atoms with van der Waals surface area (Å²) >= 11 is 0. The topological polar surface area (TPSA) is 76.1 Å². The normalized spacial score (nSPS) is 17.5. The van der Waals surface area contributed by atoms with Crippen LogP contribution < -0.4 is 14.4 Å². The number of alkyl halides is 3. The monoisotopic (exact) mass is 487 g/mol. The van der Waals surface area contributed by atoms with E-state index in [1.54, 1.807) is 30.3 Å². The van der Waals surface area contributed by atoms with E-state index in [1.807, 2.05) is 0 Å². The van der Waals surface area contributed by atoms with Crippen LogP contribution in [0.3, 0.4) is 0 Å².